The van der Waals surface area contributed by atoms with Crippen LogP contribution < -0.4 is 0 Å². The molecule has 0 unspecified atom stereocenters. The average molecular weight is 180 g/mol. The Kier molecular flexibility index (Phi) is 4.53. The first-order valence-electron chi connectivity index (χ1n) is 4.54. The molecule has 1 aromatic rings. The van der Waals surface area contributed by atoms with Crippen molar-refractivity contribution >= 4 is 0 Å². The van der Waals surface area contributed by atoms with Gasteiger partial charge in [0.05, 0.1) is 0 Å². The van der Waals surface area contributed by atoms with Crippen LogP contribution in [-0.2, 0) is 0 Å². The van der Waals surface area contributed by atoms with E-state index in [1.807, 2.05) is 19.1 Å². The molecule has 0 saturated carbocycles. The van der Waals surface area contributed by atoms with E-state index in [0.717, 1.165) is 5.56 Å². The van der Waals surface area contributed by atoms with Crippen molar-refractivity contribution in [3.05, 3.63) is 29.8 Å². The Bertz CT molecular complexity index is 222. The number of phenolic OH excluding ortho intramolecular Hbond substituents is 1. The molecule has 0 aliphatic heterocycles. The normalized spacial score (nSPS) is 10.2. The third-order valence-electron chi connectivity index (χ3n) is 1.00. The summed E-state index contributed by atoms with van der Waals surface area (Å²) in [6.07, 6.45) is 0. The molecule has 0 heterocycles. The molecule has 1 aromatic carbocycles. The Hall–Kier alpha value is -0.980. The Morgan fingerprint density at radius 3 is 1.77 bits per heavy atom. The summed E-state index contributed by atoms with van der Waals surface area (Å²) in [5.74, 6) is 0.338. The molecule has 0 amide bonds. The summed E-state index contributed by atoms with van der Waals surface area (Å²) in [5, 5.41) is 8.81. The lowest BCUT2D eigenvalue weighted by Crippen LogP contribution is -1.93. The van der Waals surface area contributed by atoms with Gasteiger partial charge in [0.2, 0.25) is 0 Å². The standard InChI is InChI=1S/C7H8O.C5H12/c1-6-3-2-4-7(8)5-6;1-5(2,3)4/h2-5,8H,1H3;1-4H3. The predicted molar refractivity (Wildman–Crippen MR) is 58.0 cm³/mol. The van der Waals surface area contributed by atoms with E-state index in [1.165, 1.54) is 0 Å². The lowest BCUT2D eigenvalue weighted by Gasteiger charge is -2.05. The van der Waals surface area contributed by atoms with Crippen LogP contribution in [0.3, 0.4) is 0 Å². The molecule has 0 atom stereocenters. The highest BCUT2D eigenvalue weighted by Gasteiger charge is 1.95. The summed E-state index contributed by atoms with van der Waals surface area (Å²) in [5.41, 5.74) is 1.59. The van der Waals surface area contributed by atoms with Gasteiger partial charge < -0.3 is 5.11 Å². The van der Waals surface area contributed by atoms with Crippen LogP contribution in [0.1, 0.15) is 33.3 Å². The third kappa shape index (κ3) is 11.0. The molecular weight excluding hydrogens is 160 g/mol. The first-order valence-corrected chi connectivity index (χ1v) is 4.54. The van der Waals surface area contributed by atoms with E-state index in [-0.39, 0.29) is 0 Å². The third-order valence-corrected chi connectivity index (χ3v) is 1.00. The maximum absolute atomic E-state index is 8.81. The number of aromatic hydroxyl groups is 1. The van der Waals surface area contributed by atoms with Crippen molar-refractivity contribution in [1.29, 1.82) is 0 Å². The van der Waals surface area contributed by atoms with Gasteiger partial charge >= 0.3 is 0 Å². The molecule has 1 rings (SSSR count). The maximum atomic E-state index is 8.81. The highest BCUT2D eigenvalue weighted by atomic mass is 16.3. The molecule has 0 bridgehead atoms. The summed E-state index contributed by atoms with van der Waals surface area (Å²) in [6.45, 7) is 10.7. The predicted octanol–water partition coefficient (Wildman–Crippen LogP) is 3.75. The first kappa shape index (κ1) is 12.0. The second kappa shape index (κ2) is 4.90. The molecule has 0 fully saturated rings. The summed E-state index contributed by atoms with van der Waals surface area (Å²) >= 11 is 0. The number of phenols is 1. The van der Waals surface area contributed by atoms with E-state index < -0.39 is 0 Å². The van der Waals surface area contributed by atoms with Crippen molar-refractivity contribution in [3.63, 3.8) is 0 Å². The van der Waals surface area contributed by atoms with Gasteiger partial charge in [-0.05, 0) is 30.0 Å². The lowest BCUT2D eigenvalue weighted by atomic mass is 10.0. The number of benzene rings is 1. The first-order chi connectivity index (χ1) is 5.79. The molecule has 1 heteroatoms. The SMILES string of the molecule is CC(C)(C)C.Cc1cccc(O)c1. The van der Waals surface area contributed by atoms with Gasteiger partial charge in [0.15, 0.2) is 0 Å². The van der Waals surface area contributed by atoms with Crippen molar-refractivity contribution in [2.45, 2.75) is 34.6 Å². The average Bonchev–Trinajstić information content (AvgIpc) is 1.81. The Labute approximate surface area is 81.4 Å². The van der Waals surface area contributed by atoms with Gasteiger partial charge in [0, 0.05) is 0 Å². The molecule has 0 radical (unpaired) electrons. The fraction of sp³-hybridized carbons (Fsp3) is 0.500. The van der Waals surface area contributed by atoms with Crippen molar-refractivity contribution in [2.75, 3.05) is 0 Å². The highest BCUT2D eigenvalue weighted by Crippen LogP contribution is 2.08. The van der Waals surface area contributed by atoms with Crippen LogP contribution in [0.4, 0.5) is 0 Å². The van der Waals surface area contributed by atoms with E-state index in [9.17, 15) is 0 Å². The molecule has 0 saturated heterocycles. The van der Waals surface area contributed by atoms with Crippen molar-refractivity contribution in [3.8, 4) is 5.75 Å². The molecular formula is C12H20O. The smallest absolute Gasteiger partial charge is 0.115 e. The van der Waals surface area contributed by atoms with Crippen LogP contribution in [-0.4, -0.2) is 5.11 Å². The Balaban J connectivity index is 0.000000252. The Morgan fingerprint density at radius 1 is 1.08 bits per heavy atom. The van der Waals surface area contributed by atoms with Gasteiger partial charge in [-0.15, -0.1) is 0 Å². The number of hydrogen-bond acceptors (Lipinski definition) is 1. The van der Waals surface area contributed by atoms with E-state index in [4.69, 9.17) is 5.11 Å². The maximum Gasteiger partial charge on any atom is 0.115 e. The minimum atomic E-state index is 0.338. The van der Waals surface area contributed by atoms with Gasteiger partial charge in [-0.25, -0.2) is 0 Å². The van der Waals surface area contributed by atoms with Crippen molar-refractivity contribution in [1.82, 2.24) is 0 Å². The number of aryl methyl sites for hydroxylation is 1. The van der Waals surface area contributed by atoms with Crippen LogP contribution >= 0.6 is 0 Å². The van der Waals surface area contributed by atoms with Gasteiger partial charge in [0.25, 0.3) is 0 Å². The lowest BCUT2D eigenvalue weighted by molar-refractivity contribution is 0.469. The molecule has 0 spiro atoms. The summed E-state index contributed by atoms with van der Waals surface area (Å²) in [7, 11) is 0. The topological polar surface area (TPSA) is 20.2 Å². The monoisotopic (exact) mass is 180 g/mol. The molecule has 1 N–H and O–H groups in total. The fourth-order valence-corrected chi connectivity index (χ4v) is 0.628. The molecule has 13 heavy (non-hydrogen) atoms. The zero-order valence-corrected chi connectivity index (χ0v) is 9.26. The largest absolute Gasteiger partial charge is 0.508 e. The highest BCUT2D eigenvalue weighted by molar-refractivity contribution is 5.25. The second-order valence-corrected chi connectivity index (χ2v) is 4.84. The molecule has 0 aromatic heterocycles. The summed E-state index contributed by atoms with van der Waals surface area (Å²) in [4.78, 5) is 0. The van der Waals surface area contributed by atoms with E-state index in [0.29, 0.717) is 11.2 Å². The Morgan fingerprint density at radius 2 is 1.54 bits per heavy atom. The van der Waals surface area contributed by atoms with Gasteiger partial charge in [-0.2, -0.15) is 0 Å². The quantitative estimate of drug-likeness (QED) is 0.644. The minimum Gasteiger partial charge on any atom is -0.508 e. The van der Waals surface area contributed by atoms with E-state index in [1.54, 1.807) is 12.1 Å². The molecule has 0 aliphatic carbocycles. The van der Waals surface area contributed by atoms with Crippen LogP contribution in [0.2, 0.25) is 0 Å². The molecule has 1 nitrogen and oxygen atoms in total. The zero-order valence-electron chi connectivity index (χ0n) is 9.26. The van der Waals surface area contributed by atoms with Gasteiger partial charge in [-0.3, -0.25) is 0 Å². The minimum absolute atomic E-state index is 0.338. The van der Waals surface area contributed by atoms with Crippen LogP contribution in [0.25, 0.3) is 0 Å². The van der Waals surface area contributed by atoms with Crippen LogP contribution in [0, 0.1) is 12.3 Å². The number of hydrogen-bond donors (Lipinski definition) is 1. The fourth-order valence-electron chi connectivity index (χ4n) is 0.628. The van der Waals surface area contributed by atoms with Gasteiger partial charge in [0.1, 0.15) is 5.75 Å². The summed E-state index contributed by atoms with van der Waals surface area (Å²) < 4.78 is 0. The molecule has 0 aliphatic rings. The van der Waals surface area contributed by atoms with Crippen molar-refractivity contribution in [2.24, 2.45) is 5.41 Å². The second-order valence-electron chi connectivity index (χ2n) is 4.84. The van der Waals surface area contributed by atoms with Crippen molar-refractivity contribution < 1.29 is 5.11 Å². The van der Waals surface area contributed by atoms with E-state index in [2.05, 4.69) is 27.7 Å². The summed E-state index contributed by atoms with van der Waals surface area (Å²) in [6, 6.07) is 7.15. The van der Waals surface area contributed by atoms with Crippen LogP contribution in [0.5, 0.6) is 5.75 Å². The number of rotatable bonds is 0. The van der Waals surface area contributed by atoms with Crippen LogP contribution in [0.15, 0.2) is 24.3 Å². The van der Waals surface area contributed by atoms with Gasteiger partial charge in [-0.1, -0.05) is 39.8 Å². The van der Waals surface area contributed by atoms with E-state index >= 15 is 0 Å². The zero-order chi connectivity index (χ0) is 10.5. The molecule has 74 valence electrons.